The number of esters is 1. The topological polar surface area (TPSA) is 44.8 Å². The molecular formula is C11H22O4Si. The fourth-order valence-electron chi connectivity index (χ4n) is 0.839. The third-order valence-electron chi connectivity index (χ3n) is 2.21. The Balaban J connectivity index is 3.41. The van der Waals surface area contributed by atoms with Crippen molar-refractivity contribution in [3.63, 3.8) is 0 Å². The molecule has 16 heavy (non-hydrogen) atoms. The van der Waals surface area contributed by atoms with E-state index < -0.39 is 8.32 Å². The molecule has 0 fully saturated rings. The first-order chi connectivity index (χ1) is 7.39. The Morgan fingerprint density at radius 1 is 1.25 bits per heavy atom. The lowest BCUT2D eigenvalue weighted by atomic mass is 10.4. The minimum Gasteiger partial charge on any atom is -0.460 e. The Labute approximate surface area is 98.7 Å². The fourth-order valence-corrected chi connectivity index (χ4v) is 1.68. The average Bonchev–Trinajstić information content (AvgIpc) is 2.22. The molecule has 0 aromatic carbocycles. The van der Waals surface area contributed by atoms with Crippen LogP contribution < -0.4 is 0 Å². The van der Waals surface area contributed by atoms with Crippen molar-refractivity contribution in [1.29, 1.82) is 0 Å². The monoisotopic (exact) mass is 246 g/mol. The maximum atomic E-state index is 11.0. The fraction of sp³-hybridized carbons (Fsp3) is 0.727. The molecule has 94 valence electrons. The molecule has 0 aliphatic heterocycles. The van der Waals surface area contributed by atoms with Crippen LogP contribution in [0.5, 0.6) is 0 Å². The summed E-state index contributed by atoms with van der Waals surface area (Å²) in [5.74, 6) is -0.366. The van der Waals surface area contributed by atoms with Gasteiger partial charge in [-0.3, -0.25) is 0 Å². The van der Waals surface area contributed by atoms with Crippen LogP contribution in [-0.2, 0) is 18.7 Å². The summed E-state index contributed by atoms with van der Waals surface area (Å²) in [6.07, 6.45) is 0. The van der Waals surface area contributed by atoms with Gasteiger partial charge in [0.1, 0.15) is 6.61 Å². The second kappa shape index (κ2) is 7.59. The highest BCUT2D eigenvalue weighted by Crippen LogP contribution is 2.08. The molecule has 0 amide bonds. The van der Waals surface area contributed by atoms with Gasteiger partial charge in [-0.15, -0.1) is 0 Å². The second-order valence-corrected chi connectivity index (χ2v) is 8.67. The van der Waals surface area contributed by atoms with Gasteiger partial charge in [0, 0.05) is 19.3 Å². The minimum absolute atomic E-state index is 0.278. The maximum absolute atomic E-state index is 11.0. The molecule has 0 aromatic rings. The van der Waals surface area contributed by atoms with Gasteiger partial charge in [0.25, 0.3) is 0 Å². The summed E-state index contributed by atoms with van der Waals surface area (Å²) in [4.78, 5) is 11.0. The average molecular weight is 246 g/mol. The zero-order valence-corrected chi connectivity index (χ0v) is 11.7. The van der Waals surface area contributed by atoms with E-state index in [0.717, 1.165) is 6.04 Å². The van der Waals surface area contributed by atoms with Crippen LogP contribution >= 0.6 is 0 Å². The van der Waals surface area contributed by atoms with E-state index in [9.17, 15) is 4.79 Å². The van der Waals surface area contributed by atoms with Crippen LogP contribution in [0.25, 0.3) is 0 Å². The van der Waals surface area contributed by atoms with Gasteiger partial charge in [-0.25, -0.2) is 4.79 Å². The van der Waals surface area contributed by atoms with Crippen LogP contribution in [0.2, 0.25) is 19.1 Å². The van der Waals surface area contributed by atoms with Crippen LogP contribution in [0.4, 0.5) is 0 Å². The van der Waals surface area contributed by atoms with Crippen molar-refractivity contribution in [3.8, 4) is 0 Å². The quantitative estimate of drug-likeness (QED) is 0.284. The minimum atomic E-state index is -1.52. The van der Waals surface area contributed by atoms with Gasteiger partial charge in [-0.2, -0.15) is 0 Å². The molecule has 0 radical (unpaired) electrons. The summed E-state index contributed by atoms with van der Waals surface area (Å²) >= 11 is 0. The summed E-state index contributed by atoms with van der Waals surface area (Å²) in [6, 6.07) is 0.942. The molecule has 0 N–H and O–H groups in total. The molecule has 0 aromatic heterocycles. The van der Waals surface area contributed by atoms with E-state index in [4.69, 9.17) is 13.9 Å². The van der Waals surface area contributed by atoms with Gasteiger partial charge in [0.05, 0.1) is 6.61 Å². The standard InChI is InChI=1S/C11H22O4Si/c1-10(2)11(12)15-7-6-14-8-9-16(4,5)13-3/h1,6-9H2,2-5H3. The molecule has 5 heteroatoms. The molecule has 0 rings (SSSR count). The lowest BCUT2D eigenvalue weighted by Gasteiger charge is -2.19. The number of ether oxygens (including phenoxy) is 2. The first-order valence-corrected chi connectivity index (χ1v) is 8.46. The summed E-state index contributed by atoms with van der Waals surface area (Å²) in [6.45, 7) is 10.7. The number of carbonyl (C=O) groups is 1. The highest BCUT2D eigenvalue weighted by molar-refractivity contribution is 6.71. The van der Waals surface area contributed by atoms with Crippen molar-refractivity contribution in [1.82, 2.24) is 0 Å². The Morgan fingerprint density at radius 3 is 2.38 bits per heavy atom. The smallest absolute Gasteiger partial charge is 0.333 e. The number of rotatable bonds is 8. The lowest BCUT2D eigenvalue weighted by Crippen LogP contribution is -2.30. The first-order valence-electron chi connectivity index (χ1n) is 5.34. The molecule has 0 aliphatic rings. The van der Waals surface area contributed by atoms with Crippen molar-refractivity contribution in [2.45, 2.75) is 26.1 Å². The summed E-state index contributed by atoms with van der Waals surface area (Å²) in [5.41, 5.74) is 0.410. The van der Waals surface area contributed by atoms with Gasteiger partial charge in [-0.1, -0.05) is 6.58 Å². The van der Waals surface area contributed by atoms with Crippen molar-refractivity contribution >= 4 is 14.3 Å². The SMILES string of the molecule is C=C(C)C(=O)OCCOCC[Si](C)(C)OC. The molecule has 0 bridgehead atoms. The van der Waals surface area contributed by atoms with Gasteiger partial charge >= 0.3 is 5.97 Å². The van der Waals surface area contributed by atoms with Crippen LogP contribution in [-0.4, -0.2) is 41.2 Å². The Morgan fingerprint density at radius 2 is 1.88 bits per heavy atom. The van der Waals surface area contributed by atoms with Gasteiger partial charge in [0.15, 0.2) is 8.32 Å². The highest BCUT2D eigenvalue weighted by Gasteiger charge is 2.19. The van der Waals surface area contributed by atoms with Crippen LogP contribution in [0.1, 0.15) is 6.92 Å². The molecule has 0 spiro atoms. The predicted molar refractivity (Wildman–Crippen MR) is 65.9 cm³/mol. The van der Waals surface area contributed by atoms with Crippen LogP contribution in [0.15, 0.2) is 12.2 Å². The maximum Gasteiger partial charge on any atom is 0.333 e. The lowest BCUT2D eigenvalue weighted by molar-refractivity contribution is -0.140. The summed E-state index contributed by atoms with van der Waals surface area (Å²) in [5, 5.41) is 0. The molecule has 0 saturated heterocycles. The molecule has 0 saturated carbocycles. The van der Waals surface area contributed by atoms with Crippen LogP contribution in [0.3, 0.4) is 0 Å². The largest absolute Gasteiger partial charge is 0.460 e. The van der Waals surface area contributed by atoms with Gasteiger partial charge in [0.2, 0.25) is 0 Å². The predicted octanol–water partition coefficient (Wildman–Crippen LogP) is 1.97. The Hall–Kier alpha value is -0.653. The second-order valence-electron chi connectivity index (χ2n) is 4.24. The van der Waals surface area contributed by atoms with Crippen molar-refractivity contribution < 1.29 is 18.7 Å². The normalized spacial score (nSPS) is 11.2. The molecule has 0 heterocycles. The van der Waals surface area contributed by atoms with E-state index >= 15 is 0 Å². The van der Waals surface area contributed by atoms with Crippen LogP contribution in [0, 0.1) is 0 Å². The highest BCUT2D eigenvalue weighted by atomic mass is 28.4. The van der Waals surface area contributed by atoms with Crippen molar-refractivity contribution in [3.05, 3.63) is 12.2 Å². The van der Waals surface area contributed by atoms with Crippen molar-refractivity contribution in [2.75, 3.05) is 26.9 Å². The molecule has 0 atom stereocenters. The molecular weight excluding hydrogens is 224 g/mol. The number of hydrogen-bond acceptors (Lipinski definition) is 4. The third-order valence-corrected chi connectivity index (χ3v) is 4.72. The summed E-state index contributed by atoms with van der Waals surface area (Å²) in [7, 11) is 0.213. The van der Waals surface area contributed by atoms with E-state index in [0.29, 0.717) is 18.8 Å². The Bertz CT molecular complexity index is 238. The van der Waals surface area contributed by atoms with Crippen molar-refractivity contribution in [2.24, 2.45) is 0 Å². The summed E-state index contributed by atoms with van der Waals surface area (Å²) < 4.78 is 15.6. The van der Waals surface area contributed by atoms with E-state index in [1.54, 1.807) is 14.0 Å². The Kier molecular flexibility index (Phi) is 7.28. The van der Waals surface area contributed by atoms with E-state index in [1.807, 2.05) is 0 Å². The first kappa shape index (κ1) is 15.3. The number of hydrogen-bond donors (Lipinski definition) is 0. The van der Waals surface area contributed by atoms with E-state index in [-0.39, 0.29) is 12.6 Å². The third kappa shape index (κ3) is 7.61. The number of carbonyl (C=O) groups excluding carboxylic acids is 1. The van der Waals surface area contributed by atoms with Gasteiger partial charge < -0.3 is 13.9 Å². The van der Waals surface area contributed by atoms with Gasteiger partial charge in [-0.05, 0) is 26.1 Å². The zero-order valence-electron chi connectivity index (χ0n) is 10.7. The zero-order chi connectivity index (χ0) is 12.6. The van der Waals surface area contributed by atoms with E-state index in [1.165, 1.54) is 0 Å². The molecule has 4 nitrogen and oxygen atoms in total. The molecule has 0 aliphatic carbocycles. The van der Waals surface area contributed by atoms with E-state index in [2.05, 4.69) is 19.7 Å². The molecule has 0 unspecified atom stereocenters.